The largest absolute Gasteiger partial charge is 0.341 e. The zero-order chi connectivity index (χ0) is 13.0. The molecule has 4 nitrogen and oxygen atoms in total. The maximum absolute atomic E-state index is 12.2. The minimum Gasteiger partial charge on any atom is -0.341 e. The van der Waals surface area contributed by atoms with E-state index < -0.39 is 0 Å². The summed E-state index contributed by atoms with van der Waals surface area (Å²) in [7, 11) is 0. The van der Waals surface area contributed by atoms with Crippen LogP contribution in [-0.2, 0) is 4.79 Å². The molecule has 0 saturated carbocycles. The number of carbonyl (C=O) groups is 1. The van der Waals surface area contributed by atoms with Gasteiger partial charge in [0, 0.05) is 31.5 Å². The van der Waals surface area contributed by atoms with Gasteiger partial charge < -0.3 is 4.90 Å². The minimum atomic E-state index is -0.133. The Labute approximate surface area is 108 Å². The summed E-state index contributed by atoms with van der Waals surface area (Å²) < 4.78 is 0. The molecule has 4 heteroatoms. The van der Waals surface area contributed by atoms with Gasteiger partial charge in [-0.15, -0.1) is 0 Å². The van der Waals surface area contributed by atoms with Crippen molar-refractivity contribution in [3.8, 4) is 0 Å². The summed E-state index contributed by atoms with van der Waals surface area (Å²) in [5.74, 6) is 0.216. The molecule has 0 aromatic carbocycles. The molecule has 0 radical (unpaired) electrons. The predicted octanol–water partition coefficient (Wildman–Crippen LogP) is 1.74. The zero-order valence-electron chi connectivity index (χ0n) is 11.1. The van der Waals surface area contributed by atoms with Gasteiger partial charge in [-0.3, -0.25) is 15.1 Å². The van der Waals surface area contributed by atoms with Crippen LogP contribution in [0.15, 0.2) is 24.5 Å². The van der Waals surface area contributed by atoms with Gasteiger partial charge >= 0.3 is 0 Å². The van der Waals surface area contributed by atoms with Crippen LogP contribution in [-0.4, -0.2) is 34.9 Å². The van der Waals surface area contributed by atoms with Crippen molar-refractivity contribution in [1.82, 2.24) is 15.2 Å². The summed E-state index contributed by atoms with van der Waals surface area (Å²) in [6.07, 6.45) is 5.83. The molecular weight excluding hydrogens is 226 g/mol. The van der Waals surface area contributed by atoms with E-state index in [9.17, 15) is 4.79 Å². The Morgan fingerprint density at radius 3 is 2.50 bits per heavy atom. The minimum absolute atomic E-state index is 0.133. The third-order valence-electron chi connectivity index (χ3n) is 3.49. The van der Waals surface area contributed by atoms with E-state index in [0.29, 0.717) is 0 Å². The van der Waals surface area contributed by atoms with E-state index in [1.807, 2.05) is 24.0 Å². The second-order valence-electron chi connectivity index (χ2n) is 4.92. The number of aromatic nitrogens is 1. The summed E-state index contributed by atoms with van der Waals surface area (Å²) >= 11 is 0. The molecule has 0 spiro atoms. The summed E-state index contributed by atoms with van der Waals surface area (Å²) in [5, 5.41) is 3.35. The molecular formula is C14H21N3O. The van der Waals surface area contributed by atoms with Crippen LogP contribution in [0, 0.1) is 0 Å². The fourth-order valence-electron chi connectivity index (χ4n) is 2.41. The first kappa shape index (κ1) is 13.0. The number of likely N-dealkylation sites (tertiary alicyclic amines) is 1. The molecule has 98 valence electrons. The molecule has 2 rings (SSSR count). The van der Waals surface area contributed by atoms with Crippen LogP contribution in [0.1, 0.15) is 38.3 Å². The van der Waals surface area contributed by atoms with Gasteiger partial charge in [0.1, 0.15) is 0 Å². The first-order valence-corrected chi connectivity index (χ1v) is 6.63. The van der Waals surface area contributed by atoms with E-state index >= 15 is 0 Å². The second kappa shape index (κ2) is 5.96. The fourth-order valence-corrected chi connectivity index (χ4v) is 2.41. The van der Waals surface area contributed by atoms with Gasteiger partial charge in [-0.25, -0.2) is 0 Å². The second-order valence-corrected chi connectivity index (χ2v) is 4.92. The lowest BCUT2D eigenvalue weighted by Gasteiger charge is -2.24. The van der Waals surface area contributed by atoms with E-state index in [-0.39, 0.29) is 18.0 Å². The summed E-state index contributed by atoms with van der Waals surface area (Å²) in [5.41, 5.74) is 1.16. The van der Waals surface area contributed by atoms with Crippen molar-refractivity contribution in [1.29, 1.82) is 0 Å². The third-order valence-corrected chi connectivity index (χ3v) is 3.49. The smallest absolute Gasteiger partial charge is 0.239 e. The zero-order valence-corrected chi connectivity index (χ0v) is 11.1. The van der Waals surface area contributed by atoms with Gasteiger partial charge in [-0.2, -0.15) is 0 Å². The van der Waals surface area contributed by atoms with Gasteiger partial charge in [0.2, 0.25) is 5.91 Å². The standard InChI is InChI=1S/C14H21N3O/c1-11(13-5-7-15-8-6-13)16-12(2)14(18)17-9-3-4-10-17/h5-8,11-12,16H,3-4,9-10H2,1-2H3/t11-,12?/m1/s1. The maximum atomic E-state index is 12.2. The number of hydrogen-bond acceptors (Lipinski definition) is 3. The lowest BCUT2D eigenvalue weighted by atomic mass is 10.1. The first-order valence-electron chi connectivity index (χ1n) is 6.63. The average Bonchev–Trinajstić information content (AvgIpc) is 2.92. The van der Waals surface area contributed by atoms with Crippen LogP contribution in [0.3, 0.4) is 0 Å². The van der Waals surface area contributed by atoms with E-state index in [1.54, 1.807) is 12.4 Å². The molecule has 18 heavy (non-hydrogen) atoms. The first-order chi connectivity index (χ1) is 8.68. The summed E-state index contributed by atoms with van der Waals surface area (Å²) in [6, 6.07) is 3.98. The highest BCUT2D eigenvalue weighted by Crippen LogP contribution is 2.13. The van der Waals surface area contributed by atoms with E-state index in [1.165, 1.54) is 0 Å². The highest BCUT2D eigenvalue weighted by Gasteiger charge is 2.24. The molecule has 1 saturated heterocycles. The number of carbonyl (C=O) groups excluding carboxylic acids is 1. The number of nitrogens with zero attached hydrogens (tertiary/aromatic N) is 2. The normalized spacial score (nSPS) is 18.7. The lowest BCUT2D eigenvalue weighted by molar-refractivity contribution is -0.132. The number of amides is 1. The fraction of sp³-hybridized carbons (Fsp3) is 0.571. The Hall–Kier alpha value is -1.42. The molecule has 2 atom stereocenters. The number of hydrogen-bond donors (Lipinski definition) is 1. The molecule has 0 aliphatic carbocycles. The van der Waals surface area contributed by atoms with Crippen molar-refractivity contribution in [2.24, 2.45) is 0 Å². The molecule has 1 aromatic heterocycles. The molecule has 0 bridgehead atoms. The summed E-state index contributed by atoms with van der Waals surface area (Å²) in [4.78, 5) is 18.1. The third kappa shape index (κ3) is 3.07. The average molecular weight is 247 g/mol. The van der Waals surface area contributed by atoms with Gasteiger partial charge in [0.25, 0.3) is 0 Å². The highest BCUT2D eigenvalue weighted by atomic mass is 16.2. The molecule has 1 fully saturated rings. The Balaban J connectivity index is 1.90. The van der Waals surface area contributed by atoms with Crippen molar-refractivity contribution in [3.63, 3.8) is 0 Å². The van der Waals surface area contributed by atoms with Gasteiger partial charge in [-0.1, -0.05) is 0 Å². The Morgan fingerprint density at radius 2 is 1.89 bits per heavy atom. The SMILES string of the molecule is CC(N[C@H](C)c1ccncc1)C(=O)N1CCCC1. The van der Waals surface area contributed by atoms with Gasteiger partial charge in [-0.05, 0) is 44.4 Å². The molecule has 1 aliphatic rings. The molecule has 1 N–H and O–H groups in total. The Morgan fingerprint density at radius 1 is 1.28 bits per heavy atom. The topological polar surface area (TPSA) is 45.2 Å². The van der Waals surface area contributed by atoms with Crippen LogP contribution in [0.4, 0.5) is 0 Å². The summed E-state index contributed by atoms with van der Waals surface area (Å²) in [6.45, 7) is 5.84. The van der Waals surface area contributed by atoms with E-state index in [2.05, 4.69) is 17.2 Å². The number of nitrogens with one attached hydrogen (secondary N) is 1. The van der Waals surface area contributed by atoms with Crippen molar-refractivity contribution in [3.05, 3.63) is 30.1 Å². The van der Waals surface area contributed by atoms with Crippen molar-refractivity contribution in [2.75, 3.05) is 13.1 Å². The number of pyridine rings is 1. The number of rotatable bonds is 4. The monoisotopic (exact) mass is 247 g/mol. The molecule has 1 aliphatic heterocycles. The van der Waals surface area contributed by atoms with Crippen molar-refractivity contribution < 1.29 is 4.79 Å². The van der Waals surface area contributed by atoms with Crippen LogP contribution in [0.5, 0.6) is 0 Å². The van der Waals surface area contributed by atoms with Crippen LogP contribution < -0.4 is 5.32 Å². The molecule has 1 unspecified atom stereocenters. The van der Waals surface area contributed by atoms with E-state index in [0.717, 1.165) is 31.5 Å². The highest BCUT2D eigenvalue weighted by molar-refractivity contribution is 5.81. The van der Waals surface area contributed by atoms with Crippen molar-refractivity contribution in [2.45, 2.75) is 38.8 Å². The van der Waals surface area contributed by atoms with Crippen LogP contribution in [0.25, 0.3) is 0 Å². The Kier molecular flexibility index (Phi) is 4.31. The molecule has 1 amide bonds. The Bertz CT molecular complexity index is 387. The van der Waals surface area contributed by atoms with E-state index in [4.69, 9.17) is 0 Å². The predicted molar refractivity (Wildman–Crippen MR) is 71.1 cm³/mol. The molecule has 1 aromatic rings. The van der Waals surface area contributed by atoms with Crippen LogP contribution in [0.2, 0.25) is 0 Å². The van der Waals surface area contributed by atoms with Gasteiger partial charge in [0.05, 0.1) is 6.04 Å². The van der Waals surface area contributed by atoms with Crippen molar-refractivity contribution >= 4 is 5.91 Å². The quantitative estimate of drug-likeness (QED) is 0.881. The lowest BCUT2D eigenvalue weighted by Crippen LogP contribution is -2.44. The van der Waals surface area contributed by atoms with Crippen LogP contribution >= 0.6 is 0 Å². The maximum Gasteiger partial charge on any atom is 0.239 e. The van der Waals surface area contributed by atoms with Gasteiger partial charge in [0.15, 0.2) is 0 Å². The molecule has 2 heterocycles.